The van der Waals surface area contributed by atoms with Crippen molar-refractivity contribution in [2.24, 2.45) is 5.73 Å². The predicted octanol–water partition coefficient (Wildman–Crippen LogP) is 3.50. The van der Waals surface area contributed by atoms with E-state index in [0.717, 1.165) is 28.5 Å². The second-order valence-electron chi connectivity index (χ2n) is 5.16. The number of hydrogen-bond donors (Lipinski definition) is 1. The number of hydrogen-bond acceptors (Lipinski definition) is 2. The number of para-hydroxylation sites is 1. The van der Waals surface area contributed by atoms with E-state index in [9.17, 15) is 4.79 Å². The van der Waals surface area contributed by atoms with Gasteiger partial charge < -0.3 is 5.73 Å². The van der Waals surface area contributed by atoms with Gasteiger partial charge in [0.25, 0.3) is 5.91 Å². The molecular formula is C19H18N2O. The number of aromatic nitrogens is 1. The largest absolute Gasteiger partial charge is 0.330 e. The highest BCUT2D eigenvalue weighted by Crippen LogP contribution is 2.21. The summed E-state index contributed by atoms with van der Waals surface area (Å²) in [5.74, 6) is -0.0525. The molecule has 0 radical (unpaired) electrons. The fourth-order valence-electron chi connectivity index (χ4n) is 2.60. The maximum absolute atomic E-state index is 12.5. The molecule has 110 valence electrons. The molecule has 0 spiro atoms. The topological polar surface area (TPSA) is 48.0 Å². The van der Waals surface area contributed by atoms with E-state index in [1.165, 1.54) is 0 Å². The molecule has 0 saturated heterocycles. The SMILES string of the molecule is NCCc1cn(C(=O)C=Cc2ccccc2)c2ccccc12. The van der Waals surface area contributed by atoms with Crippen molar-refractivity contribution < 1.29 is 4.79 Å². The monoisotopic (exact) mass is 290 g/mol. The standard InChI is InChI=1S/C19H18N2O/c20-13-12-16-14-21(18-9-5-4-8-17(16)18)19(22)11-10-15-6-2-1-3-7-15/h1-11,14H,12-13,20H2. The van der Waals surface area contributed by atoms with Gasteiger partial charge in [0.1, 0.15) is 0 Å². The van der Waals surface area contributed by atoms with Crippen LogP contribution in [0, 0.1) is 0 Å². The Balaban J connectivity index is 1.96. The first-order valence-corrected chi connectivity index (χ1v) is 7.36. The molecule has 22 heavy (non-hydrogen) atoms. The first-order chi connectivity index (χ1) is 10.8. The summed E-state index contributed by atoms with van der Waals surface area (Å²) in [6.45, 7) is 0.571. The van der Waals surface area contributed by atoms with Crippen molar-refractivity contribution >= 4 is 22.9 Å². The Morgan fingerprint density at radius 2 is 1.77 bits per heavy atom. The lowest BCUT2D eigenvalue weighted by Crippen LogP contribution is -2.06. The summed E-state index contributed by atoms with van der Waals surface area (Å²) in [5.41, 5.74) is 8.71. The Hall–Kier alpha value is -2.65. The quantitative estimate of drug-likeness (QED) is 0.748. The average molecular weight is 290 g/mol. The minimum absolute atomic E-state index is 0.0525. The van der Waals surface area contributed by atoms with Gasteiger partial charge in [0.2, 0.25) is 0 Å². The van der Waals surface area contributed by atoms with Gasteiger partial charge in [-0.25, -0.2) is 0 Å². The molecule has 0 saturated carbocycles. The minimum Gasteiger partial charge on any atom is -0.330 e. The van der Waals surface area contributed by atoms with Crippen LogP contribution in [0.25, 0.3) is 17.0 Å². The first-order valence-electron chi connectivity index (χ1n) is 7.36. The number of carbonyl (C=O) groups is 1. The lowest BCUT2D eigenvalue weighted by atomic mass is 10.1. The van der Waals surface area contributed by atoms with Gasteiger partial charge in [0.15, 0.2) is 0 Å². The van der Waals surface area contributed by atoms with Crippen LogP contribution in [0.5, 0.6) is 0 Å². The molecule has 2 N–H and O–H groups in total. The summed E-state index contributed by atoms with van der Waals surface area (Å²) in [6.07, 6.45) is 6.10. The van der Waals surface area contributed by atoms with Crippen molar-refractivity contribution in [3.05, 3.63) is 78.0 Å². The van der Waals surface area contributed by atoms with Crippen molar-refractivity contribution in [2.45, 2.75) is 6.42 Å². The second kappa shape index (κ2) is 6.41. The van der Waals surface area contributed by atoms with Gasteiger partial charge in [-0.15, -0.1) is 0 Å². The minimum atomic E-state index is -0.0525. The summed E-state index contributed by atoms with van der Waals surface area (Å²) in [4.78, 5) is 12.5. The molecule has 3 aromatic rings. The molecule has 3 nitrogen and oxygen atoms in total. The normalized spacial score (nSPS) is 11.3. The van der Waals surface area contributed by atoms with Gasteiger partial charge in [-0.1, -0.05) is 48.5 Å². The van der Waals surface area contributed by atoms with E-state index < -0.39 is 0 Å². The molecule has 0 unspecified atom stereocenters. The van der Waals surface area contributed by atoms with E-state index in [-0.39, 0.29) is 5.91 Å². The van der Waals surface area contributed by atoms with E-state index in [1.807, 2.05) is 66.9 Å². The van der Waals surface area contributed by atoms with Crippen LogP contribution < -0.4 is 5.73 Å². The Morgan fingerprint density at radius 3 is 2.55 bits per heavy atom. The lowest BCUT2D eigenvalue weighted by Gasteiger charge is -1.99. The molecule has 1 aromatic heterocycles. The van der Waals surface area contributed by atoms with Crippen molar-refractivity contribution in [2.75, 3.05) is 6.54 Å². The van der Waals surface area contributed by atoms with Crippen LogP contribution in [0.1, 0.15) is 15.9 Å². The van der Waals surface area contributed by atoms with Gasteiger partial charge >= 0.3 is 0 Å². The molecule has 0 aliphatic rings. The molecule has 0 amide bonds. The third-order valence-electron chi connectivity index (χ3n) is 3.66. The smallest absolute Gasteiger partial charge is 0.255 e. The maximum Gasteiger partial charge on any atom is 0.255 e. The van der Waals surface area contributed by atoms with Crippen LogP contribution in [-0.4, -0.2) is 17.0 Å². The highest BCUT2D eigenvalue weighted by atomic mass is 16.1. The summed E-state index contributed by atoms with van der Waals surface area (Å²) >= 11 is 0. The van der Waals surface area contributed by atoms with Crippen LogP contribution in [0.4, 0.5) is 0 Å². The van der Waals surface area contributed by atoms with Gasteiger partial charge in [0, 0.05) is 17.7 Å². The Labute approximate surface area is 129 Å². The number of benzene rings is 2. The van der Waals surface area contributed by atoms with Gasteiger partial charge in [-0.2, -0.15) is 0 Å². The molecule has 3 heteroatoms. The fourth-order valence-corrected chi connectivity index (χ4v) is 2.60. The maximum atomic E-state index is 12.5. The molecule has 0 fully saturated rings. The molecule has 0 bridgehead atoms. The number of rotatable bonds is 4. The molecule has 1 heterocycles. The van der Waals surface area contributed by atoms with Crippen molar-refractivity contribution in [3.8, 4) is 0 Å². The number of nitrogens with two attached hydrogens (primary N) is 1. The number of carbonyl (C=O) groups excluding carboxylic acids is 1. The zero-order valence-electron chi connectivity index (χ0n) is 12.3. The summed E-state index contributed by atoms with van der Waals surface area (Å²) in [6, 6.07) is 17.7. The molecule has 3 rings (SSSR count). The van der Waals surface area contributed by atoms with E-state index in [0.29, 0.717) is 6.54 Å². The van der Waals surface area contributed by atoms with Crippen molar-refractivity contribution in [3.63, 3.8) is 0 Å². The highest BCUT2D eigenvalue weighted by Gasteiger charge is 2.10. The summed E-state index contributed by atoms with van der Waals surface area (Å²) < 4.78 is 1.69. The van der Waals surface area contributed by atoms with Crippen molar-refractivity contribution in [1.82, 2.24) is 4.57 Å². The second-order valence-corrected chi connectivity index (χ2v) is 5.16. The zero-order valence-corrected chi connectivity index (χ0v) is 12.3. The van der Waals surface area contributed by atoms with Crippen LogP contribution >= 0.6 is 0 Å². The Kier molecular flexibility index (Phi) is 4.17. The lowest BCUT2D eigenvalue weighted by molar-refractivity contribution is 0.0974. The third-order valence-corrected chi connectivity index (χ3v) is 3.66. The number of fused-ring (bicyclic) bond motifs is 1. The van der Waals surface area contributed by atoms with Gasteiger partial charge in [-0.3, -0.25) is 9.36 Å². The van der Waals surface area contributed by atoms with E-state index >= 15 is 0 Å². The Bertz CT molecular complexity index is 816. The van der Waals surface area contributed by atoms with E-state index in [2.05, 4.69) is 0 Å². The predicted molar refractivity (Wildman–Crippen MR) is 90.8 cm³/mol. The number of allylic oxidation sites excluding steroid dienone is 1. The molecule has 0 aliphatic carbocycles. The number of nitrogens with zero attached hydrogens (tertiary/aromatic N) is 1. The van der Waals surface area contributed by atoms with Gasteiger partial charge in [0.05, 0.1) is 5.52 Å². The van der Waals surface area contributed by atoms with Crippen LogP contribution in [0.2, 0.25) is 0 Å². The molecular weight excluding hydrogens is 272 g/mol. The fraction of sp³-hybridized carbons (Fsp3) is 0.105. The molecule has 0 atom stereocenters. The Morgan fingerprint density at radius 1 is 1.05 bits per heavy atom. The molecule has 2 aromatic carbocycles. The van der Waals surface area contributed by atoms with Gasteiger partial charge in [-0.05, 0) is 36.2 Å². The van der Waals surface area contributed by atoms with Crippen molar-refractivity contribution in [1.29, 1.82) is 0 Å². The zero-order chi connectivity index (χ0) is 15.4. The summed E-state index contributed by atoms with van der Waals surface area (Å²) in [5, 5.41) is 1.09. The summed E-state index contributed by atoms with van der Waals surface area (Å²) in [7, 11) is 0. The van der Waals surface area contributed by atoms with Crippen LogP contribution in [-0.2, 0) is 6.42 Å². The van der Waals surface area contributed by atoms with E-state index in [1.54, 1.807) is 10.6 Å². The van der Waals surface area contributed by atoms with E-state index in [4.69, 9.17) is 5.73 Å². The molecule has 0 aliphatic heterocycles. The van der Waals surface area contributed by atoms with Crippen LogP contribution in [0.15, 0.2) is 66.9 Å². The third kappa shape index (κ3) is 2.85. The highest BCUT2D eigenvalue weighted by molar-refractivity contribution is 6.01. The first kappa shape index (κ1) is 14.3. The van der Waals surface area contributed by atoms with Crippen LogP contribution in [0.3, 0.4) is 0 Å². The average Bonchev–Trinajstić information content (AvgIpc) is 2.93.